The van der Waals surface area contributed by atoms with Crippen molar-refractivity contribution in [3.63, 3.8) is 0 Å². The predicted molar refractivity (Wildman–Crippen MR) is 58.1 cm³/mol. The van der Waals surface area contributed by atoms with Gasteiger partial charge < -0.3 is 5.32 Å². The van der Waals surface area contributed by atoms with Gasteiger partial charge in [0.1, 0.15) is 11.6 Å². The number of hydrogen-bond acceptors (Lipinski definition) is 1. The number of hydrogen-bond donors (Lipinski definition) is 1. The molecule has 5 heteroatoms. The highest BCUT2D eigenvalue weighted by atomic mass is 79.9. The van der Waals surface area contributed by atoms with Gasteiger partial charge in [-0.15, -0.1) is 0 Å². The summed E-state index contributed by atoms with van der Waals surface area (Å²) in [6.07, 6.45) is 0. The van der Waals surface area contributed by atoms with E-state index in [2.05, 4.69) is 21.2 Å². The van der Waals surface area contributed by atoms with Crippen LogP contribution in [0, 0.1) is 18.6 Å². The molecule has 0 spiro atoms. The second kappa shape index (κ2) is 4.70. The molecule has 1 aromatic carbocycles. The Balaban J connectivity index is 2.96. The number of carbonyl (C=O) groups is 1. The molecule has 1 rings (SSSR count). The number of alkyl halides is 1. The van der Waals surface area contributed by atoms with Gasteiger partial charge >= 0.3 is 0 Å². The van der Waals surface area contributed by atoms with E-state index in [9.17, 15) is 13.6 Å². The molecule has 0 heterocycles. The Hall–Kier alpha value is -0.970. The molecular formula is C10H10BrF2NO. The first-order chi connectivity index (χ1) is 6.91. The third kappa shape index (κ3) is 2.99. The Morgan fingerprint density at radius 2 is 2.00 bits per heavy atom. The summed E-state index contributed by atoms with van der Waals surface area (Å²) in [6, 6.07) is 2.02. The summed E-state index contributed by atoms with van der Waals surface area (Å²) in [7, 11) is 0. The fourth-order valence-corrected chi connectivity index (χ4v) is 1.09. The standard InChI is InChI=1S/C10H10BrF2NO/c1-5-3-8(13)9(4-7(5)12)14-10(15)6(2)11/h3-4,6H,1-2H3,(H,14,15). The zero-order valence-electron chi connectivity index (χ0n) is 8.27. The molecule has 0 fully saturated rings. The second-order valence-electron chi connectivity index (χ2n) is 3.19. The van der Waals surface area contributed by atoms with Crippen LogP contribution >= 0.6 is 15.9 Å². The largest absolute Gasteiger partial charge is 0.323 e. The maximum absolute atomic E-state index is 13.3. The van der Waals surface area contributed by atoms with E-state index in [0.29, 0.717) is 0 Å². The van der Waals surface area contributed by atoms with Gasteiger partial charge in [-0.2, -0.15) is 0 Å². The molecule has 82 valence electrons. The second-order valence-corrected chi connectivity index (χ2v) is 4.56. The van der Waals surface area contributed by atoms with Crippen LogP contribution in [-0.2, 0) is 4.79 Å². The molecule has 1 unspecified atom stereocenters. The quantitative estimate of drug-likeness (QED) is 0.828. The zero-order chi connectivity index (χ0) is 11.6. The monoisotopic (exact) mass is 277 g/mol. The molecule has 0 aliphatic heterocycles. The third-order valence-corrected chi connectivity index (χ3v) is 2.28. The average Bonchev–Trinajstić information content (AvgIpc) is 2.13. The Morgan fingerprint density at radius 1 is 1.40 bits per heavy atom. The summed E-state index contributed by atoms with van der Waals surface area (Å²) in [5.74, 6) is -1.61. The van der Waals surface area contributed by atoms with Crippen LogP contribution < -0.4 is 5.32 Å². The highest BCUT2D eigenvalue weighted by Crippen LogP contribution is 2.19. The lowest BCUT2D eigenvalue weighted by molar-refractivity contribution is -0.115. The molecule has 0 radical (unpaired) electrons. The van der Waals surface area contributed by atoms with Gasteiger partial charge in [-0.05, 0) is 25.5 Å². The summed E-state index contributed by atoms with van der Waals surface area (Å²) in [5, 5.41) is 2.28. The van der Waals surface area contributed by atoms with Gasteiger partial charge in [0, 0.05) is 6.07 Å². The van der Waals surface area contributed by atoms with Crippen LogP contribution in [0.4, 0.5) is 14.5 Å². The van der Waals surface area contributed by atoms with Crippen LogP contribution in [0.3, 0.4) is 0 Å². The van der Waals surface area contributed by atoms with Crippen molar-refractivity contribution in [3.05, 3.63) is 29.3 Å². The van der Waals surface area contributed by atoms with E-state index in [4.69, 9.17) is 0 Å². The first kappa shape index (κ1) is 12.1. The van der Waals surface area contributed by atoms with Gasteiger partial charge in [-0.1, -0.05) is 15.9 Å². The van der Waals surface area contributed by atoms with Crippen LogP contribution in [0.5, 0.6) is 0 Å². The minimum absolute atomic E-state index is 0.144. The number of amides is 1. The summed E-state index contributed by atoms with van der Waals surface area (Å²) < 4.78 is 26.3. The molecule has 0 bridgehead atoms. The molecule has 0 saturated carbocycles. The Labute approximate surface area is 94.8 Å². The molecule has 2 nitrogen and oxygen atoms in total. The molecule has 1 N–H and O–H groups in total. The molecule has 0 aromatic heterocycles. The lowest BCUT2D eigenvalue weighted by Gasteiger charge is -2.08. The summed E-state index contributed by atoms with van der Waals surface area (Å²) in [4.78, 5) is 10.8. The van der Waals surface area contributed by atoms with E-state index in [0.717, 1.165) is 12.1 Å². The molecule has 0 aliphatic carbocycles. The maximum Gasteiger partial charge on any atom is 0.237 e. The highest BCUT2D eigenvalue weighted by Gasteiger charge is 2.13. The number of aryl methyl sites for hydroxylation is 1. The predicted octanol–water partition coefficient (Wildman–Crippen LogP) is 3.00. The average molecular weight is 278 g/mol. The zero-order valence-corrected chi connectivity index (χ0v) is 9.86. The molecule has 0 saturated heterocycles. The SMILES string of the molecule is Cc1cc(F)c(NC(=O)C(C)Br)cc1F. The van der Waals surface area contributed by atoms with Gasteiger partial charge in [-0.3, -0.25) is 4.79 Å². The van der Waals surface area contributed by atoms with Crippen LogP contribution in [0.15, 0.2) is 12.1 Å². The van der Waals surface area contributed by atoms with E-state index in [1.165, 1.54) is 6.92 Å². The molecule has 1 aromatic rings. The normalized spacial score (nSPS) is 12.3. The molecule has 1 amide bonds. The van der Waals surface area contributed by atoms with Crippen molar-refractivity contribution in [1.82, 2.24) is 0 Å². The van der Waals surface area contributed by atoms with Crippen LogP contribution in [0.2, 0.25) is 0 Å². The minimum atomic E-state index is -0.643. The van der Waals surface area contributed by atoms with Gasteiger partial charge in [-0.25, -0.2) is 8.78 Å². The van der Waals surface area contributed by atoms with Crippen molar-refractivity contribution >= 4 is 27.5 Å². The summed E-state index contributed by atoms with van der Waals surface area (Å²) >= 11 is 3.03. The van der Waals surface area contributed by atoms with E-state index in [-0.39, 0.29) is 11.3 Å². The van der Waals surface area contributed by atoms with E-state index in [1.54, 1.807) is 6.92 Å². The first-order valence-electron chi connectivity index (χ1n) is 4.32. The van der Waals surface area contributed by atoms with Gasteiger partial charge in [0.05, 0.1) is 10.5 Å². The lowest BCUT2D eigenvalue weighted by Crippen LogP contribution is -2.20. The first-order valence-corrected chi connectivity index (χ1v) is 5.24. The number of anilines is 1. The van der Waals surface area contributed by atoms with Gasteiger partial charge in [0.15, 0.2) is 0 Å². The van der Waals surface area contributed by atoms with Crippen molar-refractivity contribution in [2.45, 2.75) is 18.7 Å². The van der Waals surface area contributed by atoms with E-state index < -0.39 is 22.4 Å². The lowest BCUT2D eigenvalue weighted by atomic mass is 10.2. The summed E-state index contributed by atoms with van der Waals surface area (Å²) in [6.45, 7) is 3.05. The molecular weight excluding hydrogens is 268 g/mol. The Bertz CT molecular complexity index is 393. The van der Waals surface area contributed by atoms with Crippen molar-refractivity contribution < 1.29 is 13.6 Å². The van der Waals surface area contributed by atoms with Crippen molar-refractivity contribution in [1.29, 1.82) is 0 Å². The number of halogens is 3. The molecule has 1 atom stereocenters. The van der Waals surface area contributed by atoms with Crippen LogP contribution in [0.1, 0.15) is 12.5 Å². The number of carbonyl (C=O) groups excluding carboxylic acids is 1. The fourth-order valence-electron chi connectivity index (χ4n) is 0.974. The van der Waals surface area contributed by atoms with E-state index >= 15 is 0 Å². The van der Waals surface area contributed by atoms with Crippen LogP contribution in [-0.4, -0.2) is 10.7 Å². The van der Waals surface area contributed by atoms with Crippen LogP contribution in [0.25, 0.3) is 0 Å². The van der Waals surface area contributed by atoms with E-state index in [1.807, 2.05) is 0 Å². The maximum atomic E-state index is 13.3. The highest BCUT2D eigenvalue weighted by molar-refractivity contribution is 9.10. The Morgan fingerprint density at radius 3 is 2.53 bits per heavy atom. The van der Waals surface area contributed by atoms with Gasteiger partial charge in [0.2, 0.25) is 5.91 Å². The van der Waals surface area contributed by atoms with Crippen molar-refractivity contribution in [2.75, 3.05) is 5.32 Å². The Kier molecular flexibility index (Phi) is 3.79. The number of rotatable bonds is 2. The molecule has 15 heavy (non-hydrogen) atoms. The van der Waals surface area contributed by atoms with Crippen molar-refractivity contribution in [2.24, 2.45) is 0 Å². The fraction of sp³-hybridized carbons (Fsp3) is 0.300. The molecule has 0 aliphatic rings. The summed E-state index contributed by atoms with van der Waals surface area (Å²) in [5.41, 5.74) is 0.0618. The van der Waals surface area contributed by atoms with Crippen molar-refractivity contribution in [3.8, 4) is 0 Å². The number of nitrogens with one attached hydrogen (secondary N) is 1. The third-order valence-electron chi connectivity index (χ3n) is 1.87. The minimum Gasteiger partial charge on any atom is -0.323 e. The topological polar surface area (TPSA) is 29.1 Å². The number of benzene rings is 1. The van der Waals surface area contributed by atoms with Gasteiger partial charge in [0.25, 0.3) is 0 Å². The smallest absolute Gasteiger partial charge is 0.237 e.